The van der Waals surface area contributed by atoms with Crippen molar-refractivity contribution in [2.24, 2.45) is 0 Å². The molecule has 100 valence electrons. The number of halogens is 1. The molecule has 1 aromatic heterocycles. The van der Waals surface area contributed by atoms with Gasteiger partial charge in [-0.25, -0.2) is 14.4 Å². The molecule has 1 heterocycles. The van der Waals surface area contributed by atoms with Crippen LogP contribution in [0.4, 0.5) is 10.2 Å². The number of rotatable bonds is 4. The Morgan fingerprint density at radius 1 is 1.21 bits per heavy atom. The molecule has 0 spiro atoms. The monoisotopic (exact) mass is 259 g/mol. The molecule has 0 atom stereocenters. The number of aromatic nitrogens is 2. The molecule has 0 aliphatic heterocycles. The first-order valence-corrected chi connectivity index (χ1v) is 6.39. The number of anilines is 1. The van der Waals surface area contributed by atoms with Gasteiger partial charge in [0.25, 0.3) is 0 Å². The molecule has 2 aromatic rings. The number of nitrogens with one attached hydrogen (secondary N) is 1. The van der Waals surface area contributed by atoms with E-state index in [4.69, 9.17) is 0 Å². The molecule has 0 aliphatic carbocycles. The predicted molar refractivity (Wildman–Crippen MR) is 74.6 cm³/mol. The van der Waals surface area contributed by atoms with Crippen molar-refractivity contribution in [3.63, 3.8) is 0 Å². The molecule has 0 amide bonds. The Hall–Kier alpha value is -1.97. The Morgan fingerprint density at radius 2 is 1.95 bits per heavy atom. The van der Waals surface area contributed by atoms with Crippen LogP contribution in [0, 0.1) is 12.7 Å². The number of benzene rings is 1. The van der Waals surface area contributed by atoms with Crippen LogP contribution in [0.1, 0.15) is 36.8 Å². The predicted octanol–water partition coefficient (Wildman–Crippen LogP) is 3.66. The molecular formula is C15H18FN3. The summed E-state index contributed by atoms with van der Waals surface area (Å²) >= 11 is 0. The van der Waals surface area contributed by atoms with Gasteiger partial charge in [-0.05, 0) is 13.0 Å². The van der Waals surface area contributed by atoms with Crippen molar-refractivity contribution in [3.8, 4) is 0 Å². The molecule has 1 N–H and O–H groups in total. The van der Waals surface area contributed by atoms with Crippen molar-refractivity contribution in [1.29, 1.82) is 0 Å². The van der Waals surface area contributed by atoms with Crippen molar-refractivity contribution in [1.82, 2.24) is 9.97 Å². The number of hydrogen-bond acceptors (Lipinski definition) is 3. The third-order valence-electron chi connectivity index (χ3n) is 2.81. The SMILES string of the molecule is Cc1cc(NCc2ccccc2F)nc(C(C)C)n1. The van der Waals surface area contributed by atoms with Gasteiger partial charge in [-0.3, -0.25) is 0 Å². The quantitative estimate of drug-likeness (QED) is 0.910. The topological polar surface area (TPSA) is 37.8 Å². The van der Waals surface area contributed by atoms with E-state index in [-0.39, 0.29) is 11.7 Å². The molecule has 0 unspecified atom stereocenters. The third kappa shape index (κ3) is 3.50. The van der Waals surface area contributed by atoms with Crippen molar-refractivity contribution in [3.05, 3.63) is 53.2 Å². The fourth-order valence-electron chi connectivity index (χ4n) is 1.77. The summed E-state index contributed by atoms with van der Waals surface area (Å²) in [6, 6.07) is 8.60. The van der Waals surface area contributed by atoms with Crippen molar-refractivity contribution >= 4 is 5.82 Å². The van der Waals surface area contributed by atoms with Crippen LogP contribution in [-0.4, -0.2) is 9.97 Å². The highest BCUT2D eigenvalue weighted by Crippen LogP contribution is 2.15. The number of nitrogens with zero attached hydrogens (tertiary/aromatic N) is 2. The van der Waals surface area contributed by atoms with Crippen LogP contribution < -0.4 is 5.32 Å². The van der Waals surface area contributed by atoms with Gasteiger partial charge in [0.2, 0.25) is 0 Å². The Balaban J connectivity index is 2.14. The summed E-state index contributed by atoms with van der Waals surface area (Å²) in [6.07, 6.45) is 0. The largest absolute Gasteiger partial charge is 0.366 e. The average Bonchev–Trinajstić information content (AvgIpc) is 2.37. The van der Waals surface area contributed by atoms with E-state index in [0.29, 0.717) is 12.1 Å². The summed E-state index contributed by atoms with van der Waals surface area (Å²) in [5.74, 6) is 1.61. The van der Waals surface area contributed by atoms with Gasteiger partial charge in [0.05, 0.1) is 0 Å². The molecule has 0 fully saturated rings. The van der Waals surface area contributed by atoms with Crippen LogP contribution in [0.5, 0.6) is 0 Å². The normalized spacial score (nSPS) is 10.8. The summed E-state index contributed by atoms with van der Waals surface area (Å²) in [6.45, 7) is 6.45. The minimum Gasteiger partial charge on any atom is -0.366 e. The minimum atomic E-state index is -0.204. The van der Waals surface area contributed by atoms with Crippen LogP contribution in [0.2, 0.25) is 0 Å². The Kier molecular flexibility index (Phi) is 4.10. The van der Waals surface area contributed by atoms with E-state index in [1.165, 1.54) is 6.07 Å². The van der Waals surface area contributed by atoms with Gasteiger partial charge in [-0.2, -0.15) is 0 Å². The molecule has 0 saturated heterocycles. The van der Waals surface area contributed by atoms with E-state index in [0.717, 1.165) is 17.3 Å². The Morgan fingerprint density at radius 3 is 2.63 bits per heavy atom. The number of hydrogen-bond donors (Lipinski definition) is 1. The lowest BCUT2D eigenvalue weighted by Gasteiger charge is -2.10. The molecule has 4 heteroatoms. The molecule has 0 aliphatic rings. The molecule has 19 heavy (non-hydrogen) atoms. The third-order valence-corrected chi connectivity index (χ3v) is 2.81. The average molecular weight is 259 g/mol. The summed E-state index contributed by atoms with van der Waals surface area (Å²) in [5.41, 5.74) is 1.54. The second-order valence-corrected chi connectivity index (χ2v) is 4.85. The molecule has 1 aromatic carbocycles. The molecule has 0 saturated carbocycles. The van der Waals surface area contributed by atoms with Gasteiger partial charge in [-0.1, -0.05) is 32.0 Å². The second kappa shape index (κ2) is 5.78. The Bertz CT molecular complexity index is 567. The zero-order chi connectivity index (χ0) is 13.8. The zero-order valence-corrected chi connectivity index (χ0v) is 11.4. The van der Waals surface area contributed by atoms with E-state index in [9.17, 15) is 4.39 Å². The first-order valence-electron chi connectivity index (χ1n) is 6.39. The van der Waals surface area contributed by atoms with Gasteiger partial charge in [0.1, 0.15) is 17.5 Å². The van der Waals surface area contributed by atoms with E-state index in [1.807, 2.05) is 19.1 Å². The van der Waals surface area contributed by atoms with Crippen molar-refractivity contribution in [2.75, 3.05) is 5.32 Å². The van der Waals surface area contributed by atoms with Gasteiger partial charge in [0.15, 0.2) is 0 Å². The van der Waals surface area contributed by atoms with Crippen LogP contribution in [0.3, 0.4) is 0 Å². The lowest BCUT2D eigenvalue weighted by molar-refractivity contribution is 0.612. The fraction of sp³-hybridized carbons (Fsp3) is 0.333. The van der Waals surface area contributed by atoms with Gasteiger partial charge in [0, 0.05) is 29.8 Å². The van der Waals surface area contributed by atoms with Crippen molar-refractivity contribution < 1.29 is 4.39 Å². The van der Waals surface area contributed by atoms with Crippen molar-refractivity contribution in [2.45, 2.75) is 33.2 Å². The molecule has 0 bridgehead atoms. The van der Waals surface area contributed by atoms with Crippen LogP contribution in [0.25, 0.3) is 0 Å². The van der Waals surface area contributed by atoms with E-state index >= 15 is 0 Å². The van der Waals surface area contributed by atoms with Gasteiger partial charge >= 0.3 is 0 Å². The van der Waals surface area contributed by atoms with Crippen LogP contribution in [0.15, 0.2) is 30.3 Å². The summed E-state index contributed by atoms with van der Waals surface area (Å²) in [5, 5.41) is 3.15. The van der Waals surface area contributed by atoms with E-state index < -0.39 is 0 Å². The number of aryl methyl sites for hydroxylation is 1. The lowest BCUT2D eigenvalue weighted by atomic mass is 10.2. The molecular weight excluding hydrogens is 241 g/mol. The molecule has 3 nitrogen and oxygen atoms in total. The maximum absolute atomic E-state index is 13.5. The standard InChI is InChI=1S/C15H18FN3/c1-10(2)15-18-11(3)8-14(19-15)17-9-12-6-4-5-7-13(12)16/h4-8,10H,9H2,1-3H3,(H,17,18,19). The summed E-state index contributed by atoms with van der Waals surface area (Å²) in [7, 11) is 0. The Labute approximate surface area is 112 Å². The van der Waals surface area contributed by atoms with E-state index in [2.05, 4.69) is 29.1 Å². The molecule has 2 rings (SSSR count). The first-order chi connectivity index (χ1) is 9.06. The highest BCUT2D eigenvalue weighted by molar-refractivity contribution is 5.37. The van der Waals surface area contributed by atoms with E-state index in [1.54, 1.807) is 12.1 Å². The second-order valence-electron chi connectivity index (χ2n) is 4.85. The van der Waals surface area contributed by atoms with Gasteiger partial charge < -0.3 is 5.32 Å². The summed E-state index contributed by atoms with van der Waals surface area (Å²) in [4.78, 5) is 8.81. The van der Waals surface area contributed by atoms with Crippen LogP contribution >= 0.6 is 0 Å². The minimum absolute atomic E-state index is 0.204. The highest BCUT2D eigenvalue weighted by Gasteiger charge is 2.07. The summed E-state index contributed by atoms with van der Waals surface area (Å²) < 4.78 is 13.5. The smallest absolute Gasteiger partial charge is 0.133 e. The fourth-order valence-corrected chi connectivity index (χ4v) is 1.77. The lowest BCUT2D eigenvalue weighted by Crippen LogP contribution is -2.07. The maximum atomic E-state index is 13.5. The van der Waals surface area contributed by atoms with Crippen LogP contribution in [-0.2, 0) is 6.54 Å². The zero-order valence-electron chi connectivity index (χ0n) is 11.4. The maximum Gasteiger partial charge on any atom is 0.133 e. The first kappa shape index (κ1) is 13.5. The molecule has 0 radical (unpaired) electrons. The highest BCUT2D eigenvalue weighted by atomic mass is 19.1. The van der Waals surface area contributed by atoms with Gasteiger partial charge in [-0.15, -0.1) is 0 Å².